The van der Waals surface area contributed by atoms with E-state index in [1.54, 1.807) is 0 Å². The largest absolute Gasteiger partial charge is 0.389 e. The molecule has 1 unspecified atom stereocenters. The zero-order valence-corrected chi connectivity index (χ0v) is 15.1. The van der Waals surface area contributed by atoms with Crippen LogP contribution in [0.2, 0.25) is 0 Å². The number of nitrogens with zero attached hydrogens (tertiary/aromatic N) is 1. The van der Waals surface area contributed by atoms with Crippen molar-refractivity contribution in [3.8, 4) is 0 Å². The van der Waals surface area contributed by atoms with Crippen molar-refractivity contribution in [3.05, 3.63) is 35.9 Å². The number of ether oxygens (including phenoxy) is 2. The Hall–Kier alpha value is -0.940. The van der Waals surface area contributed by atoms with E-state index in [0.29, 0.717) is 25.2 Å². The fourth-order valence-electron chi connectivity index (χ4n) is 4.73. The lowest BCUT2D eigenvalue weighted by Gasteiger charge is -2.48. The third kappa shape index (κ3) is 4.25. The molecule has 3 fully saturated rings. The van der Waals surface area contributed by atoms with Crippen LogP contribution in [0.1, 0.15) is 50.0 Å². The van der Waals surface area contributed by atoms with Crippen molar-refractivity contribution >= 4 is 0 Å². The van der Waals surface area contributed by atoms with Gasteiger partial charge in [0.2, 0.25) is 0 Å². The lowest BCUT2D eigenvalue weighted by Crippen LogP contribution is -2.63. The van der Waals surface area contributed by atoms with E-state index < -0.39 is 0 Å². The predicted molar refractivity (Wildman–Crippen MR) is 97.8 cm³/mol. The average Bonchev–Trinajstić information content (AvgIpc) is 3.07. The molecule has 1 aromatic rings. The van der Waals surface area contributed by atoms with Gasteiger partial charge in [-0.05, 0) is 24.8 Å². The van der Waals surface area contributed by atoms with Crippen LogP contribution in [0, 0.1) is 0 Å². The van der Waals surface area contributed by atoms with Crippen LogP contribution >= 0.6 is 0 Å². The number of aliphatic hydroxyl groups excluding tert-OH is 1. The van der Waals surface area contributed by atoms with E-state index >= 15 is 0 Å². The van der Waals surface area contributed by atoms with Crippen molar-refractivity contribution < 1.29 is 14.6 Å². The van der Waals surface area contributed by atoms with Gasteiger partial charge in [-0.2, -0.15) is 0 Å². The molecule has 1 aromatic carbocycles. The lowest BCUT2D eigenvalue weighted by atomic mass is 9.84. The van der Waals surface area contributed by atoms with Crippen LogP contribution in [0.5, 0.6) is 0 Å². The summed E-state index contributed by atoms with van der Waals surface area (Å²) in [4.78, 5) is 2.31. The molecule has 1 spiro atoms. The van der Waals surface area contributed by atoms with E-state index in [4.69, 9.17) is 9.47 Å². The predicted octanol–water partition coefficient (Wildman–Crippen LogP) is 2.96. The van der Waals surface area contributed by atoms with E-state index in [0.717, 1.165) is 39.0 Å². The number of β-amino-alcohol motifs (C(OH)–C–C–N with tert-alkyl or cyclic N) is 1. The van der Waals surface area contributed by atoms with Crippen LogP contribution < -0.4 is 0 Å². The highest BCUT2D eigenvalue weighted by molar-refractivity contribution is 5.22. The second-order valence-electron chi connectivity index (χ2n) is 8.22. The summed E-state index contributed by atoms with van der Waals surface area (Å²) in [5, 5.41) is 10.3. The van der Waals surface area contributed by atoms with E-state index in [2.05, 4.69) is 35.2 Å². The summed E-state index contributed by atoms with van der Waals surface area (Å²) in [6.45, 7) is 3.88. The van der Waals surface area contributed by atoms with Crippen molar-refractivity contribution in [3.63, 3.8) is 0 Å². The molecule has 1 N–H and O–H groups in total. The van der Waals surface area contributed by atoms with Gasteiger partial charge >= 0.3 is 0 Å². The van der Waals surface area contributed by atoms with E-state index in [-0.39, 0.29) is 11.7 Å². The highest BCUT2D eigenvalue weighted by atomic mass is 16.5. The molecule has 0 radical (unpaired) electrons. The molecule has 2 aliphatic heterocycles. The fourth-order valence-corrected chi connectivity index (χ4v) is 4.73. The zero-order valence-electron chi connectivity index (χ0n) is 15.1. The van der Waals surface area contributed by atoms with Gasteiger partial charge in [0.05, 0.1) is 31.0 Å². The summed E-state index contributed by atoms with van der Waals surface area (Å²) < 4.78 is 12.1. The Bertz CT molecular complexity index is 537. The van der Waals surface area contributed by atoms with Gasteiger partial charge in [-0.3, -0.25) is 4.90 Å². The molecule has 2 saturated heterocycles. The number of aliphatic hydroxyl groups is 1. The number of likely N-dealkylation sites (tertiary alicyclic amines) is 1. The molecule has 25 heavy (non-hydrogen) atoms. The fraction of sp³-hybridized carbons (Fsp3) is 0.714. The highest BCUT2D eigenvalue weighted by Crippen LogP contribution is 2.42. The molecular weight excluding hydrogens is 314 g/mol. The molecule has 2 atom stereocenters. The van der Waals surface area contributed by atoms with Gasteiger partial charge in [0, 0.05) is 25.6 Å². The Balaban J connectivity index is 1.17. The Morgan fingerprint density at radius 3 is 2.68 bits per heavy atom. The summed E-state index contributed by atoms with van der Waals surface area (Å²) in [5.74, 6) is 0.517. The van der Waals surface area contributed by atoms with Gasteiger partial charge in [-0.1, -0.05) is 49.6 Å². The summed E-state index contributed by atoms with van der Waals surface area (Å²) in [5.41, 5.74) is 1.41. The van der Waals surface area contributed by atoms with Crippen molar-refractivity contribution in [2.24, 2.45) is 0 Å². The van der Waals surface area contributed by atoms with Crippen LogP contribution in [0.3, 0.4) is 0 Å². The summed E-state index contributed by atoms with van der Waals surface area (Å²) in [6, 6.07) is 10.7. The van der Waals surface area contributed by atoms with Crippen molar-refractivity contribution in [1.29, 1.82) is 0 Å². The maximum absolute atomic E-state index is 10.3. The maximum Gasteiger partial charge on any atom is 0.0941 e. The lowest BCUT2D eigenvalue weighted by molar-refractivity contribution is -0.126. The van der Waals surface area contributed by atoms with Crippen LogP contribution in [-0.4, -0.2) is 60.7 Å². The third-order valence-electron chi connectivity index (χ3n) is 6.05. The van der Waals surface area contributed by atoms with E-state index in [1.165, 1.54) is 24.8 Å². The SMILES string of the molecule is O[C@H](COC1CCCCC1)CN1CC2(CC(c3ccccc3)CO2)C1. The standard InChI is InChI=1S/C21H31NO3/c23-19(14-24-20-9-5-2-6-10-20)12-22-15-21(16-22)11-18(13-25-21)17-7-3-1-4-8-17/h1,3-4,7-8,18-20,23H,2,5-6,9-16H2/t18?,19-/m0/s1. The van der Waals surface area contributed by atoms with Crippen LogP contribution in [0.25, 0.3) is 0 Å². The molecular formula is C21H31NO3. The van der Waals surface area contributed by atoms with Crippen LogP contribution in [0.4, 0.5) is 0 Å². The molecule has 0 aromatic heterocycles. The molecule has 0 bridgehead atoms. The normalized spacial score (nSPS) is 28.1. The molecule has 0 amide bonds. The minimum Gasteiger partial charge on any atom is -0.389 e. The van der Waals surface area contributed by atoms with Crippen molar-refractivity contribution in [2.75, 3.05) is 32.8 Å². The molecule has 1 saturated carbocycles. The second-order valence-corrected chi connectivity index (χ2v) is 8.22. The first-order valence-electron chi connectivity index (χ1n) is 9.93. The molecule has 4 nitrogen and oxygen atoms in total. The first-order chi connectivity index (χ1) is 12.2. The van der Waals surface area contributed by atoms with E-state index in [1.807, 2.05) is 0 Å². The van der Waals surface area contributed by atoms with Gasteiger partial charge in [0.15, 0.2) is 0 Å². The number of benzene rings is 1. The van der Waals surface area contributed by atoms with Gasteiger partial charge in [-0.15, -0.1) is 0 Å². The highest BCUT2D eigenvalue weighted by Gasteiger charge is 2.49. The maximum atomic E-state index is 10.3. The average molecular weight is 345 g/mol. The number of rotatable bonds is 6. The van der Waals surface area contributed by atoms with Gasteiger partial charge < -0.3 is 14.6 Å². The first-order valence-corrected chi connectivity index (χ1v) is 9.93. The molecule has 138 valence electrons. The topological polar surface area (TPSA) is 41.9 Å². The Kier molecular flexibility index (Phi) is 5.41. The zero-order chi connectivity index (χ0) is 17.1. The van der Waals surface area contributed by atoms with Gasteiger partial charge in [0.25, 0.3) is 0 Å². The molecule has 1 aliphatic carbocycles. The third-order valence-corrected chi connectivity index (χ3v) is 6.05. The second kappa shape index (κ2) is 7.75. The first kappa shape index (κ1) is 17.5. The number of hydrogen-bond acceptors (Lipinski definition) is 4. The minimum atomic E-state index is -0.384. The Morgan fingerprint density at radius 1 is 1.16 bits per heavy atom. The Labute approximate surface area is 151 Å². The Morgan fingerprint density at radius 2 is 1.92 bits per heavy atom. The number of hydrogen-bond donors (Lipinski definition) is 1. The summed E-state index contributed by atoms with van der Waals surface area (Å²) in [6.07, 6.45) is 7.29. The minimum absolute atomic E-state index is 0.0183. The van der Waals surface area contributed by atoms with Crippen LogP contribution in [0.15, 0.2) is 30.3 Å². The van der Waals surface area contributed by atoms with Crippen molar-refractivity contribution in [1.82, 2.24) is 4.90 Å². The summed E-state index contributed by atoms with van der Waals surface area (Å²) >= 11 is 0. The smallest absolute Gasteiger partial charge is 0.0941 e. The molecule has 2 heterocycles. The monoisotopic (exact) mass is 345 g/mol. The molecule has 4 heteroatoms. The molecule has 3 aliphatic rings. The molecule has 4 rings (SSSR count). The summed E-state index contributed by atoms with van der Waals surface area (Å²) in [7, 11) is 0. The van der Waals surface area contributed by atoms with Gasteiger partial charge in [-0.25, -0.2) is 0 Å². The van der Waals surface area contributed by atoms with Crippen LogP contribution in [-0.2, 0) is 9.47 Å². The van der Waals surface area contributed by atoms with Crippen molar-refractivity contribution in [2.45, 2.75) is 62.3 Å². The van der Waals surface area contributed by atoms with Gasteiger partial charge in [0.1, 0.15) is 0 Å². The van der Waals surface area contributed by atoms with E-state index in [9.17, 15) is 5.11 Å². The quantitative estimate of drug-likeness (QED) is 0.861.